The molecular weight excluding hydrogens is 284 g/mol. The van der Waals surface area contributed by atoms with Crippen molar-refractivity contribution in [3.05, 3.63) is 0 Å². The van der Waals surface area contributed by atoms with Crippen LogP contribution in [0.5, 0.6) is 0 Å². The van der Waals surface area contributed by atoms with Gasteiger partial charge in [0, 0.05) is 31.1 Å². The second-order valence-corrected chi connectivity index (χ2v) is 8.46. The summed E-state index contributed by atoms with van der Waals surface area (Å²) in [6, 6.07) is 0. The Morgan fingerprint density at radius 3 is 2.24 bits per heavy atom. The average Bonchev–Trinajstić information content (AvgIpc) is 2.38. The fraction of sp³-hybridized carbons (Fsp3) is 1.00. The van der Waals surface area contributed by atoms with Gasteiger partial charge in [-0.2, -0.15) is 0 Å². The Morgan fingerprint density at radius 2 is 1.67 bits per heavy atom. The molecule has 4 heteroatoms. The normalized spacial score (nSPS) is 49.1. The van der Waals surface area contributed by atoms with Gasteiger partial charge in [-0.25, -0.2) is 0 Å². The molecule has 0 aromatic carbocycles. The Kier molecular flexibility index (Phi) is 4.58. The van der Waals surface area contributed by atoms with Crippen molar-refractivity contribution in [2.45, 2.75) is 56.6 Å². The Bertz CT molecular complexity index is 341. The van der Waals surface area contributed by atoms with Crippen LogP contribution in [-0.2, 0) is 0 Å². The molecule has 0 spiro atoms. The minimum atomic E-state index is -0.0902. The quantitative estimate of drug-likeness (QED) is 0.839. The first-order valence-electron chi connectivity index (χ1n) is 8.73. The Morgan fingerprint density at radius 1 is 1.10 bits per heavy atom. The van der Waals surface area contributed by atoms with Crippen molar-refractivity contribution in [2.75, 3.05) is 26.7 Å². The molecule has 2 unspecified atom stereocenters. The lowest BCUT2D eigenvalue weighted by molar-refractivity contribution is -0.0297. The van der Waals surface area contributed by atoms with Gasteiger partial charge in [0.2, 0.25) is 0 Å². The first-order chi connectivity index (χ1) is 9.62. The lowest BCUT2D eigenvalue weighted by Gasteiger charge is -2.57. The molecule has 5 aliphatic rings. The molecule has 2 N–H and O–H groups in total. The molecule has 2 atom stereocenters. The van der Waals surface area contributed by atoms with E-state index in [1.807, 2.05) is 0 Å². The highest BCUT2D eigenvalue weighted by molar-refractivity contribution is 5.85. The fourth-order valence-electron chi connectivity index (χ4n) is 6.08. The van der Waals surface area contributed by atoms with Crippen LogP contribution in [0.1, 0.15) is 44.9 Å². The van der Waals surface area contributed by atoms with Crippen molar-refractivity contribution >= 4 is 12.4 Å². The Hall–Kier alpha value is 0.170. The number of hydrogen-bond donors (Lipinski definition) is 2. The molecule has 5 fully saturated rings. The number of nitrogens with zero attached hydrogens (tertiary/aromatic N) is 1. The molecular formula is C17H31ClN2O. The van der Waals surface area contributed by atoms with E-state index in [0.717, 1.165) is 43.8 Å². The lowest BCUT2D eigenvalue weighted by atomic mass is 9.53. The van der Waals surface area contributed by atoms with Gasteiger partial charge in [0.15, 0.2) is 0 Å². The predicted octanol–water partition coefficient (Wildman–Crippen LogP) is 2.28. The molecule has 1 heterocycles. The second-order valence-electron chi connectivity index (χ2n) is 8.46. The maximum atomic E-state index is 10.2. The third-order valence-electron chi connectivity index (χ3n) is 6.67. The SMILES string of the molecule is CN1CCC(O)C(CNC23CC4CC(CC(C4)C2)C3)C1.Cl. The molecule has 5 rings (SSSR count). The van der Waals surface area contributed by atoms with Crippen LogP contribution in [0.15, 0.2) is 0 Å². The maximum absolute atomic E-state index is 10.2. The number of nitrogens with one attached hydrogen (secondary N) is 1. The van der Waals surface area contributed by atoms with Gasteiger partial charge in [0.05, 0.1) is 6.10 Å². The van der Waals surface area contributed by atoms with Crippen molar-refractivity contribution < 1.29 is 5.11 Å². The molecule has 0 amide bonds. The molecule has 0 aromatic heterocycles. The monoisotopic (exact) mass is 314 g/mol. The zero-order chi connectivity index (χ0) is 13.7. The zero-order valence-electron chi connectivity index (χ0n) is 13.3. The van der Waals surface area contributed by atoms with E-state index in [-0.39, 0.29) is 18.5 Å². The fourth-order valence-corrected chi connectivity index (χ4v) is 6.08. The van der Waals surface area contributed by atoms with Crippen LogP contribution in [0.25, 0.3) is 0 Å². The van der Waals surface area contributed by atoms with E-state index in [2.05, 4.69) is 17.3 Å². The third kappa shape index (κ3) is 3.12. The number of aliphatic hydroxyl groups excluding tert-OH is 1. The number of hydrogen-bond acceptors (Lipinski definition) is 3. The summed E-state index contributed by atoms with van der Waals surface area (Å²) in [7, 11) is 2.18. The lowest BCUT2D eigenvalue weighted by Crippen LogP contribution is -2.60. The van der Waals surface area contributed by atoms with E-state index >= 15 is 0 Å². The zero-order valence-corrected chi connectivity index (χ0v) is 14.1. The second kappa shape index (κ2) is 5.99. The van der Waals surface area contributed by atoms with Gasteiger partial charge < -0.3 is 15.3 Å². The highest BCUT2D eigenvalue weighted by atomic mass is 35.5. The van der Waals surface area contributed by atoms with Gasteiger partial charge in [0.25, 0.3) is 0 Å². The van der Waals surface area contributed by atoms with Crippen molar-refractivity contribution in [1.82, 2.24) is 10.2 Å². The molecule has 1 saturated heterocycles. The van der Waals surface area contributed by atoms with Crippen LogP contribution in [0.2, 0.25) is 0 Å². The van der Waals surface area contributed by atoms with E-state index in [0.29, 0.717) is 11.5 Å². The van der Waals surface area contributed by atoms with Crippen LogP contribution < -0.4 is 5.32 Å². The van der Waals surface area contributed by atoms with Crippen molar-refractivity contribution in [1.29, 1.82) is 0 Å². The summed E-state index contributed by atoms with van der Waals surface area (Å²) in [6.45, 7) is 3.13. The number of rotatable bonds is 3. The molecule has 1 aliphatic heterocycles. The summed E-state index contributed by atoms with van der Waals surface area (Å²) < 4.78 is 0. The van der Waals surface area contributed by atoms with Crippen LogP contribution >= 0.6 is 12.4 Å². The van der Waals surface area contributed by atoms with E-state index in [1.54, 1.807) is 0 Å². The molecule has 3 nitrogen and oxygen atoms in total. The predicted molar refractivity (Wildman–Crippen MR) is 87.8 cm³/mol. The summed E-state index contributed by atoms with van der Waals surface area (Å²) in [5, 5.41) is 14.2. The van der Waals surface area contributed by atoms with Crippen molar-refractivity contribution in [3.63, 3.8) is 0 Å². The molecule has 4 bridgehead atoms. The first kappa shape index (κ1) is 16.0. The summed E-state index contributed by atoms with van der Waals surface area (Å²) >= 11 is 0. The maximum Gasteiger partial charge on any atom is 0.0605 e. The van der Waals surface area contributed by atoms with Crippen LogP contribution in [0.4, 0.5) is 0 Å². The van der Waals surface area contributed by atoms with Gasteiger partial charge in [0.1, 0.15) is 0 Å². The minimum Gasteiger partial charge on any atom is -0.393 e. The van der Waals surface area contributed by atoms with Gasteiger partial charge in [-0.05, 0) is 69.7 Å². The number of halogens is 1. The average molecular weight is 315 g/mol. The highest BCUT2D eigenvalue weighted by Gasteiger charge is 2.50. The number of aliphatic hydroxyl groups is 1. The summed E-state index contributed by atoms with van der Waals surface area (Å²) in [5.74, 6) is 3.45. The molecule has 122 valence electrons. The van der Waals surface area contributed by atoms with Crippen molar-refractivity contribution in [2.24, 2.45) is 23.7 Å². The molecule has 4 aliphatic carbocycles. The minimum absolute atomic E-state index is 0. The summed E-state index contributed by atoms with van der Waals surface area (Å²) in [5.41, 5.74) is 0.449. The summed E-state index contributed by atoms with van der Waals surface area (Å²) in [6.07, 6.45) is 9.63. The molecule has 21 heavy (non-hydrogen) atoms. The Balaban J connectivity index is 0.00000132. The number of piperidine rings is 1. The summed E-state index contributed by atoms with van der Waals surface area (Å²) in [4.78, 5) is 2.37. The van der Waals surface area contributed by atoms with E-state index in [4.69, 9.17) is 0 Å². The van der Waals surface area contributed by atoms with E-state index < -0.39 is 0 Å². The first-order valence-corrected chi connectivity index (χ1v) is 8.73. The van der Waals surface area contributed by atoms with Crippen LogP contribution in [0, 0.1) is 23.7 Å². The van der Waals surface area contributed by atoms with E-state index in [9.17, 15) is 5.11 Å². The van der Waals surface area contributed by atoms with Gasteiger partial charge in [-0.1, -0.05) is 0 Å². The molecule has 0 aromatic rings. The molecule has 0 radical (unpaired) electrons. The van der Waals surface area contributed by atoms with Gasteiger partial charge in [-0.3, -0.25) is 0 Å². The Labute approximate surface area is 135 Å². The van der Waals surface area contributed by atoms with Crippen LogP contribution in [-0.4, -0.2) is 48.3 Å². The topological polar surface area (TPSA) is 35.5 Å². The van der Waals surface area contributed by atoms with Gasteiger partial charge in [-0.15, -0.1) is 12.4 Å². The molecule has 4 saturated carbocycles. The highest BCUT2D eigenvalue weighted by Crippen LogP contribution is 2.55. The largest absolute Gasteiger partial charge is 0.393 e. The standard InChI is InChI=1S/C17H30N2O.ClH/c1-19-3-2-16(20)15(11-19)10-18-17-7-12-4-13(8-17)6-14(5-12)9-17;/h12-16,18,20H,2-11H2,1H3;1H. The van der Waals surface area contributed by atoms with Gasteiger partial charge >= 0.3 is 0 Å². The smallest absolute Gasteiger partial charge is 0.0605 e. The number of likely N-dealkylation sites (tertiary alicyclic amines) is 1. The van der Waals surface area contributed by atoms with E-state index in [1.165, 1.54) is 38.5 Å². The van der Waals surface area contributed by atoms with Crippen molar-refractivity contribution in [3.8, 4) is 0 Å². The van der Waals surface area contributed by atoms with Crippen LogP contribution in [0.3, 0.4) is 0 Å². The third-order valence-corrected chi connectivity index (χ3v) is 6.67.